The highest BCUT2D eigenvalue weighted by atomic mass is 35.5. The van der Waals surface area contributed by atoms with E-state index < -0.39 is 0 Å². The highest BCUT2D eigenvalue weighted by Crippen LogP contribution is 2.35. The summed E-state index contributed by atoms with van der Waals surface area (Å²) in [6.45, 7) is 5.10. The van der Waals surface area contributed by atoms with Gasteiger partial charge in [0.25, 0.3) is 0 Å². The van der Waals surface area contributed by atoms with Crippen LogP contribution in [-0.2, 0) is 6.54 Å². The van der Waals surface area contributed by atoms with Gasteiger partial charge in [0.15, 0.2) is 11.5 Å². The van der Waals surface area contributed by atoms with Crippen LogP contribution in [-0.4, -0.2) is 31.5 Å². The van der Waals surface area contributed by atoms with Crippen molar-refractivity contribution in [3.63, 3.8) is 0 Å². The lowest BCUT2D eigenvalue weighted by molar-refractivity contribution is 0.226. The minimum atomic E-state index is 0.0525. The maximum absolute atomic E-state index is 8.77. The van der Waals surface area contributed by atoms with E-state index in [1.807, 2.05) is 19.9 Å². The molecule has 0 radical (unpaired) electrons. The molecule has 0 aliphatic rings. The summed E-state index contributed by atoms with van der Waals surface area (Å²) < 4.78 is 11.1. The van der Waals surface area contributed by atoms with Crippen molar-refractivity contribution in [2.24, 2.45) is 0 Å². The first kappa shape index (κ1) is 15.1. The molecule has 0 spiro atoms. The Morgan fingerprint density at radius 3 is 2.67 bits per heavy atom. The molecular formula is C13H20ClNO3. The fraction of sp³-hybridized carbons (Fsp3) is 0.538. The Morgan fingerprint density at radius 2 is 2.11 bits per heavy atom. The molecule has 0 bridgehead atoms. The number of rotatable bonds is 7. The third kappa shape index (κ3) is 4.37. The van der Waals surface area contributed by atoms with Crippen LogP contribution in [0.4, 0.5) is 0 Å². The summed E-state index contributed by atoms with van der Waals surface area (Å²) in [5.74, 6) is 1.32. The maximum Gasteiger partial charge on any atom is 0.166 e. The van der Waals surface area contributed by atoms with Crippen LogP contribution in [0.5, 0.6) is 11.5 Å². The smallest absolute Gasteiger partial charge is 0.166 e. The summed E-state index contributed by atoms with van der Waals surface area (Å²) in [6.07, 6.45) is 0.0525. The summed E-state index contributed by atoms with van der Waals surface area (Å²) in [4.78, 5) is 0. The first-order chi connectivity index (χ1) is 8.58. The molecule has 1 aromatic rings. The largest absolute Gasteiger partial charge is 0.493 e. The first-order valence-corrected chi connectivity index (χ1v) is 6.31. The van der Waals surface area contributed by atoms with Gasteiger partial charge in [-0.05, 0) is 19.9 Å². The summed E-state index contributed by atoms with van der Waals surface area (Å²) >= 11 is 6.04. The number of hydrogen-bond acceptors (Lipinski definition) is 4. The molecule has 0 aliphatic heterocycles. The van der Waals surface area contributed by atoms with Crippen molar-refractivity contribution in [3.8, 4) is 11.5 Å². The topological polar surface area (TPSA) is 50.7 Å². The average molecular weight is 274 g/mol. The summed E-state index contributed by atoms with van der Waals surface area (Å²) in [6, 6.07) is 3.57. The molecule has 0 aliphatic carbocycles. The molecule has 2 N–H and O–H groups in total. The lowest BCUT2D eigenvalue weighted by Gasteiger charge is -2.18. The highest BCUT2D eigenvalue weighted by Gasteiger charge is 2.13. The second kappa shape index (κ2) is 7.46. The van der Waals surface area contributed by atoms with Crippen molar-refractivity contribution in [1.29, 1.82) is 0 Å². The molecule has 4 nitrogen and oxygen atoms in total. The summed E-state index contributed by atoms with van der Waals surface area (Å²) in [7, 11) is 1.59. The minimum absolute atomic E-state index is 0.0525. The van der Waals surface area contributed by atoms with Gasteiger partial charge in [-0.2, -0.15) is 0 Å². The van der Waals surface area contributed by atoms with Gasteiger partial charge < -0.3 is 19.9 Å². The van der Waals surface area contributed by atoms with Crippen LogP contribution < -0.4 is 14.8 Å². The van der Waals surface area contributed by atoms with Gasteiger partial charge >= 0.3 is 0 Å². The van der Waals surface area contributed by atoms with Crippen LogP contribution in [0.15, 0.2) is 12.1 Å². The molecule has 1 aromatic carbocycles. The summed E-state index contributed by atoms with van der Waals surface area (Å²) in [5, 5.41) is 12.5. The van der Waals surface area contributed by atoms with E-state index >= 15 is 0 Å². The average Bonchev–Trinajstić information content (AvgIpc) is 2.31. The van der Waals surface area contributed by atoms with Crippen LogP contribution in [0.25, 0.3) is 0 Å². The fourth-order valence-corrected chi connectivity index (χ4v) is 1.81. The Balaban J connectivity index is 2.99. The van der Waals surface area contributed by atoms with Gasteiger partial charge in [0.2, 0.25) is 0 Å². The molecule has 102 valence electrons. The molecule has 0 saturated carbocycles. The van der Waals surface area contributed by atoms with E-state index in [9.17, 15) is 0 Å². The molecule has 0 aromatic heterocycles. The van der Waals surface area contributed by atoms with Gasteiger partial charge in [-0.15, -0.1) is 0 Å². The van der Waals surface area contributed by atoms with Crippen molar-refractivity contribution in [3.05, 3.63) is 22.7 Å². The molecule has 0 fully saturated rings. The Bertz CT molecular complexity index is 383. The molecule has 0 unspecified atom stereocenters. The van der Waals surface area contributed by atoms with Gasteiger partial charge in [0.1, 0.15) is 0 Å². The number of hydrogen-bond donors (Lipinski definition) is 2. The first-order valence-electron chi connectivity index (χ1n) is 5.93. The molecule has 0 heterocycles. The number of methoxy groups -OCH3 is 1. The second-order valence-electron chi connectivity index (χ2n) is 4.16. The number of aliphatic hydroxyl groups is 1. The molecule has 0 amide bonds. The molecule has 1 rings (SSSR count). The predicted molar refractivity (Wildman–Crippen MR) is 72.6 cm³/mol. The van der Waals surface area contributed by atoms with E-state index in [-0.39, 0.29) is 12.7 Å². The van der Waals surface area contributed by atoms with Gasteiger partial charge in [0, 0.05) is 29.7 Å². The number of nitrogens with one attached hydrogen (secondary N) is 1. The normalized spacial score (nSPS) is 10.8. The third-order valence-corrected chi connectivity index (χ3v) is 2.49. The zero-order chi connectivity index (χ0) is 13.5. The van der Waals surface area contributed by atoms with Gasteiger partial charge in [-0.3, -0.25) is 0 Å². The Labute approximate surface area is 113 Å². The predicted octanol–water partition coefficient (Wildman–Crippen LogP) is 2.22. The summed E-state index contributed by atoms with van der Waals surface area (Å²) in [5.41, 5.74) is 0.918. The van der Waals surface area contributed by atoms with Crippen LogP contribution in [0, 0.1) is 0 Å². The third-order valence-electron chi connectivity index (χ3n) is 2.27. The lowest BCUT2D eigenvalue weighted by atomic mass is 10.1. The van der Waals surface area contributed by atoms with Crippen LogP contribution in [0.1, 0.15) is 19.4 Å². The quantitative estimate of drug-likeness (QED) is 0.748. The number of halogens is 1. The van der Waals surface area contributed by atoms with Gasteiger partial charge in [-0.25, -0.2) is 0 Å². The molecular weight excluding hydrogens is 254 g/mol. The fourth-order valence-electron chi connectivity index (χ4n) is 1.58. The van der Waals surface area contributed by atoms with E-state index in [0.717, 1.165) is 5.56 Å². The number of ether oxygens (including phenoxy) is 2. The minimum Gasteiger partial charge on any atom is -0.493 e. The lowest BCUT2D eigenvalue weighted by Crippen LogP contribution is -2.19. The van der Waals surface area contributed by atoms with Gasteiger partial charge in [-0.1, -0.05) is 11.6 Å². The Kier molecular flexibility index (Phi) is 6.25. The Morgan fingerprint density at radius 1 is 1.39 bits per heavy atom. The SMILES string of the molecule is COc1cc(Cl)cc(CNCCO)c1OC(C)C. The zero-order valence-corrected chi connectivity index (χ0v) is 11.8. The maximum atomic E-state index is 8.77. The monoisotopic (exact) mass is 273 g/mol. The van der Waals surface area contributed by atoms with E-state index in [4.69, 9.17) is 26.2 Å². The van der Waals surface area contributed by atoms with E-state index in [2.05, 4.69) is 5.32 Å². The van der Waals surface area contributed by atoms with E-state index in [1.54, 1.807) is 13.2 Å². The van der Waals surface area contributed by atoms with Crippen molar-refractivity contribution in [2.75, 3.05) is 20.3 Å². The van der Waals surface area contributed by atoms with Crippen LogP contribution in [0.3, 0.4) is 0 Å². The van der Waals surface area contributed by atoms with Gasteiger partial charge in [0.05, 0.1) is 19.8 Å². The van der Waals surface area contributed by atoms with Crippen molar-refractivity contribution in [2.45, 2.75) is 26.5 Å². The molecule has 0 atom stereocenters. The number of benzene rings is 1. The highest BCUT2D eigenvalue weighted by molar-refractivity contribution is 6.30. The molecule has 0 saturated heterocycles. The molecule has 18 heavy (non-hydrogen) atoms. The van der Waals surface area contributed by atoms with Crippen LogP contribution >= 0.6 is 11.6 Å². The molecule has 5 heteroatoms. The van der Waals surface area contributed by atoms with Crippen LogP contribution in [0.2, 0.25) is 5.02 Å². The van der Waals surface area contributed by atoms with E-state index in [1.165, 1.54) is 0 Å². The Hall–Kier alpha value is -0.970. The van der Waals surface area contributed by atoms with E-state index in [0.29, 0.717) is 29.6 Å². The van der Waals surface area contributed by atoms with Crippen molar-refractivity contribution >= 4 is 11.6 Å². The second-order valence-corrected chi connectivity index (χ2v) is 4.60. The van der Waals surface area contributed by atoms with Crippen molar-refractivity contribution in [1.82, 2.24) is 5.32 Å². The standard InChI is InChI=1S/C13H20ClNO3/c1-9(2)18-13-10(8-15-4-5-16)6-11(14)7-12(13)17-3/h6-7,9,15-16H,4-5,8H2,1-3H3. The zero-order valence-electron chi connectivity index (χ0n) is 11.0. The number of aliphatic hydroxyl groups excluding tert-OH is 1. The van der Waals surface area contributed by atoms with Crippen molar-refractivity contribution < 1.29 is 14.6 Å².